The Kier molecular flexibility index (Phi) is 4.34. The average molecular weight is 308 g/mol. The predicted molar refractivity (Wildman–Crippen MR) is 67.8 cm³/mol. The molecule has 0 fully saturated rings. The Morgan fingerprint density at radius 1 is 1.10 bits per heavy atom. The number of rotatable bonds is 3. The summed E-state index contributed by atoms with van der Waals surface area (Å²) in [6.07, 6.45) is -0.352. The van der Waals surface area contributed by atoms with Crippen molar-refractivity contribution in [2.75, 3.05) is 0 Å². The average Bonchev–Trinajstić information content (AvgIpc) is 2.26. The topological polar surface area (TPSA) is 51.2 Å². The molecule has 7 heteroatoms. The van der Waals surface area contributed by atoms with Gasteiger partial charge < -0.3 is 0 Å². The molecule has 1 rings (SSSR count). The van der Waals surface area contributed by atoms with Gasteiger partial charge in [0.2, 0.25) is 0 Å². The summed E-state index contributed by atoms with van der Waals surface area (Å²) in [5.41, 5.74) is -6.27. The molecule has 1 aromatic carbocycles. The van der Waals surface area contributed by atoms with Crippen LogP contribution in [0.2, 0.25) is 0 Å². The molecule has 20 heavy (non-hydrogen) atoms. The normalized spacial score (nSPS) is 13.3. The van der Waals surface area contributed by atoms with Crippen molar-refractivity contribution in [3.63, 3.8) is 0 Å². The Morgan fingerprint density at radius 3 is 2.05 bits per heavy atom. The van der Waals surface area contributed by atoms with E-state index in [2.05, 4.69) is 0 Å². The van der Waals surface area contributed by atoms with Gasteiger partial charge in [0, 0.05) is 11.8 Å². The lowest BCUT2D eigenvalue weighted by atomic mass is 9.87. The molecule has 0 atom stereocenters. The lowest BCUT2D eigenvalue weighted by molar-refractivity contribution is -0.125. The Morgan fingerprint density at radius 2 is 1.60 bits per heavy atom. The van der Waals surface area contributed by atoms with E-state index in [-0.39, 0.29) is 17.8 Å². The van der Waals surface area contributed by atoms with Crippen LogP contribution in [0.3, 0.4) is 0 Å². The number of benzene rings is 1. The molecule has 0 amide bonds. The molecule has 0 saturated carbocycles. The summed E-state index contributed by atoms with van der Waals surface area (Å²) in [5, 5.41) is 0. The fourth-order valence-corrected chi connectivity index (χ4v) is 2.47. The van der Waals surface area contributed by atoms with Gasteiger partial charge in [-0.15, -0.1) is 0 Å². The van der Waals surface area contributed by atoms with E-state index >= 15 is 0 Å². The van der Waals surface area contributed by atoms with Crippen LogP contribution in [0.5, 0.6) is 0 Å². The summed E-state index contributed by atoms with van der Waals surface area (Å²) in [7, 11) is -5.45. The third-order valence-corrected chi connectivity index (χ3v) is 4.34. The number of halogens is 3. The van der Waals surface area contributed by atoms with Crippen LogP contribution >= 0.6 is 0 Å². The quantitative estimate of drug-likeness (QED) is 0.862. The fourth-order valence-electron chi connectivity index (χ4n) is 1.47. The van der Waals surface area contributed by atoms with E-state index in [1.54, 1.807) is 20.8 Å². The second-order valence-corrected chi connectivity index (χ2v) is 7.32. The van der Waals surface area contributed by atoms with Gasteiger partial charge in [0.25, 0.3) is 9.84 Å². The van der Waals surface area contributed by atoms with Gasteiger partial charge in [0.05, 0.1) is 4.90 Å². The lowest BCUT2D eigenvalue weighted by Crippen LogP contribution is -2.27. The molecule has 1 aromatic rings. The van der Waals surface area contributed by atoms with Crippen molar-refractivity contribution in [3.8, 4) is 0 Å². The second-order valence-electron chi connectivity index (χ2n) is 5.41. The smallest absolute Gasteiger partial charge is 0.299 e. The minimum atomic E-state index is -5.45. The Balaban J connectivity index is 3.30. The highest BCUT2D eigenvalue weighted by atomic mass is 32.2. The summed E-state index contributed by atoms with van der Waals surface area (Å²) in [5.74, 6) is -0.331. The standard InChI is InChI=1S/C13H15F3O3S/c1-12(2,3)11(17)8-9-6-4-5-7-10(9)20(18,19)13(14,15)16/h4-7H,8H2,1-3H3. The second kappa shape index (κ2) is 5.20. The molecule has 0 saturated heterocycles. The molecule has 3 nitrogen and oxygen atoms in total. The lowest BCUT2D eigenvalue weighted by Gasteiger charge is -2.18. The number of Topliss-reactive ketones (excluding diaryl/α,β-unsaturated/α-hetero) is 1. The zero-order valence-electron chi connectivity index (χ0n) is 11.3. The maximum absolute atomic E-state index is 12.6. The molecule has 0 N–H and O–H groups in total. The molecule has 0 bridgehead atoms. The van der Waals surface area contributed by atoms with E-state index in [0.29, 0.717) is 0 Å². The number of hydrogen-bond donors (Lipinski definition) is 0. The van der Waals surface area contributed by atoms with Crippen LogP contribution in [0.25, 0.3) is 0 Å². The molecule has 0 aliphatic rings. The monoisotopic (exact) mass is 308 g/mol. The van der Waals surface area contributed by atoms with E-state index in [0.717, 1.165) is 6.07 Å². The molecule has 0 aromatic heterocycles. The summed E-state index contributed by atoms with van der Waals surface area (Å²) in [6.45, 7) is 4.86. The van der Waals surface area contributed by atoms with Gasteiger partial charge in [-0.3, -0.25) is 4.79 Å². The van der Waals surface area contributed by atoms with Crippen molar-refractivity contribution in [2.45, 2.75) is 37.6 Å². The predicted octanol–water partition coefficient (Wildman–Crippen LogP) is 3.14. The van der Waals surface area contributed by atoms with Gasteiger partial charge in [-0.25, -0.2) is 8.42 Å². The molecule has 0 heterocycles. The Hall–Kier alpha value is -1.37. The third-order valence-electron chi connectivity index (χ3n) is 2.75. The van der Waals surface area contributed by atoms with E-state index in [9.17, 15) is 26.4 Å². The minimum absolute atomic E-state index is 0.134. The van der Waals surface area contributed by atoms with E-state index in [1.165, 1.54) is 18.2 Å². The molecule has 0 aliphatic heterocycles. The van der Waals surface area contributed by atoms with E-state index < -0.39 is 25.7 Å². The van der Waals surface area contributed by atoms with Crippen LogP contribution in [-0.2, 0) is 21.1 Å². The Bertz CT molecular complexity index is 610. The molecule has 0 aliphatic carbocycles. The first-order valence-corrected chi connectivity index (χ1v) is 7.28. The Labute approximate surface area is 115 Å². The summed E-state index contributed by atoms with van der Waals surface area (Å²) in [4.78, 5) is 11.0. The first-order chi connectivity index (χ1) is 8.87. The van der Waals surface area contributed by atoms with Gasteiger partial charge in [0.15, 0.2) is 0 Å². The van der Waals surface area contributed by atoms with Crippen LogP contribution in [-0.4, -0.2) is 19.7 Å². The molecule has 112 valence electrons. The van der Waals surface area contributed by atoms with Crippen molar-refractivity contribution < 1.29 is 26.4 Å². The molecule has 0 radical (unpaired) electrons. The molecule has 0 unspecified atom stereocenters. The SMILES string of the molecule is CC(C)(C)C(=O)Cc1ccccc1S(=O)(=O)C(F)(F)F. The van der Waals surface area contributed by atoms with Gasteiger partial charge in [-0.05, 0) is 11.6 Å². The van der Waals surface area contributed by atoms with Gasteiger partial charge in [-0.2, -0.15) is 13.2 Å². The van der Waals surface area contributed by atoms with Crippen molar-refractivity contribution >= 4 is 15.6 Å². The number of ketones is 1. The van der Waals surface area contributed by atoms with Crippen molar-refractivity contribution in [1.82, 2.24) is 0 Å². The highest BCUT2D eigenvalue weighted by molar-refractivity contribution is 7.92. The van der Waals surface area contributed by atoms with Crippen molar-refractivity contribution in [3.05, 3.63) is 29.8 Å². The minimum Gasteiger partial charge on any atom is -0.299 e. The van der Waals surface area contributed by atoms with Crippen LogP contribution in [0, 0.1) is 5.41 Å². The van der Waals surface area contributed by atoms with Crippen molar-refractivity contribution in [2.24, 2.45) is 5.41 Å². The van der Waals surface area contributed by atoms with Crippen LogP contribution < -0.4 is 0 Å². The maximum atomic E-state index is 12.6. The number of carbonyl (C=O) groups excluding carboxylic acids is 1. The summed E-state index contributed by atoms with van der Waals surface area (Å²) < 4.78 is 60.7. The first kappa shape index (κ1) is 16.7. The van der Waals surface area contributed by atoms with E-state index in [1.807, 2.05) is 0 Å². The van der Waals surface area contributed by atoms with Crippen molar-refractivity contribution in [1.29, 1.82) is 0 Å². The zero-order chi connectivity index (χ0) is 15.8. The first-order valence-electron chi connectivity index (χ1n) is 5.80. The zero-order valence-corrected chi connectivity index (χ0v) is 12.1. The highest BCUT2D eigenvalue weighted by Crippen LogP contribution is 2.33. The number of sulfone groups is 1. The van der Waals surface area contributed by atoms with Gasteiger partial charge in [0.1, 0.15) is 5.78 Å². The maximum Gasteiger partial charge on any atom is 0.501 e. The van der Waals surface area contributed by atoms with E-state index in [4.69, 9.17) is 0 Å². The summed E-state index contributed by atoms with van der Waals surface area (Å²) >= 11 is 0. The largest absolute Gasteiger partial charge is 0.501 e. The highest BCUT2D eigenvalue weighted by Gasteiger charge is 2.47. The number of hydrogen-bond acceptors (Lipinski definition) is 3. The molecule has 0 spiro atoms. The number of carbonyl (C=O) groups is 1. The fraction of sp³-hybridized carbons (Fsp3) is 0.462. The van der Waals surface area contributed by atoms with Gasteiger partial charge in [-0.1, -0.05) is 39.0 Å². The molecular weight excluding hydrogens is 293 g/mol. The number of alkyl halides is 3. The summed E-state index contributed by atoms with van der Waals surface area (Å²) in [6, 6.07) is 4.70. The molecular formula is C13H15F3O3S. The third kappa shape index (κ3) is 3.39. The van der Waals surface area contributed by atoms with Crippen LogP contribution in [0.15, 0.2) is 29.2 Å². The van der Waals surface area contributed by atoms with Crippen LogP contribution in [0.1, 0.15) is 26.3 Å². The van der Waals surface area contributed by atoms with Crippen LogP contribution in [0.4, 0.5) is 13.2 Å². The van der Waals surface area contributed by atoms with Gasteiger partial charge >= 0.3 is 5.51 Å².